The highest BCUT2D eigenvalue weighted by atomic mass is 35.5. The summed E-state index contributed by atoms with van der Waals surface area (Å²) >= 11 is 16.5. The standard InChI is InChI=1S/C19H17N3O.C12H12ClN3.C4H2Cl2N2/c1-14(16-7-3-2-4-8-16)21-19-12-20-11-18(22-19)17-9-5-6-15(10-17)13-23;1-9(10-5-3-2-4-6-10)15-12-8-14-7-11(13)16-12;5-3-1-7-2-4(6)8-3/h2-14H,1H3,(H,21,22);2-9H,1H3,(H,15,16);1-2H/t14-;9-;/m00./s1. The second-order valence-corrected chi connectivity index (χ2v) is 11.1. The molecule has 6 aromatic rings. The molecule has 0 fully saturated rings. The van der Waals surface area contributed by atoms with Gasteiger partial charge in [0.25, 0.3) is 0 Å². The second-order valence-electron chi connectivity index (χ2n) is 9.98. The Balaban J connectivity index is 0.000000180. The Morgan fingerprint density at radius 1 is 0.574 bits per heavy atom. The van der Waals surface area contributed by atoms with Crippen LogP contribution in [-0.2, 0) is 0 Å². The molecule has 6 rings (SSSR count). The smallest absolute Gasteiger partial charge is 0.150 e. The van der Waals surface area contributed by atoms with Crippen LogP contribution in [0.1, 0.15) is 47.4 Å². The zero-order valence-electron chi connectivity index (χ0n) is 25.5. The molecule has 0 spiro atoms. The fourth-order valence-electron chi connectivity index (χ4n) is 4.17. The summed E-state index contributed by atoms with van der Waals surface area (Å²) in [4.78, 5) is 35.2. The molecule has 0 saturated carbocycles. The van der Waals surface area contributed by atoms with Gasteiger partial charge in [-0.05, 0) is 31.0 Å². The van der Waals surface area contributed by atoms with Crippen LogP contribution in [0.4, 0.5) is 11.6 Å². The van der Waals surface area contributed by atoms with Crippen molar-refractivity contribution in [2.45, 2.75) is 25.9 Å². The summed E-state index contributed by atoms with van der Waals surface area (Å²) in [7, 11) is 0. The number of aldehydes is 1. The van der Waals surface area contributed by atoms with E-state index in [0.29, 0.717) is 32.7 Å². The number of hydrogen-bond acceptors (Lipinski definition) is 9. The zero-order chi connectivity index (χ0) is 33.4. The monoisotopic (exact) mass is 684 g/mol. The molecule has 47 heavy (non-hydrogen) atoms. The van der Waals surface area contributed by atoms with Crippen LogP contribution in [-0.4, -0.2) is 36.2 Å². The van der Waals surface area contributed by atoms with Crippen molar-refractivity contribution in [3.8, 4) is 11.3 Å². The van der Waals surface area contributed by atoms with Gasteiger partial charge in [-0.3, -0.25) is 19.7 Å². The minimum atomic E-state index is 0.127. The van der Waals surface area contributed by atoms with Gasteiger partial charge in [0.2, 0.25) is 0 Å². The van der Waals surface area contributed by atoms with Gasteiger partial charge in [-0.1, -0.05) is 114 Å². The third-order valence-electron chi connectivity index (χ3n) is 6.46. The SMILES string of the molecule is C[C@H](Nc1cncc(-c2cccc(C=O)c2)n1)c1ccccc1.C[C@H](Nc1cncc(Cl)n1)c1ccccc1.Clc1cncc(Cl)n1. The van der Waals surface area contributed by atoms with E-state index < -0.39 is 0 Å². The maximum atomic E-state index is 10.9. The van der Waals surface area contributed by atoms with Crippen LogP contribution in [0.2, 0.25) is 15.5 Å². The molecule has 2 atom stereocenters. The van der Waals surface area contributed by atoms with Crippen LogP contribution in [0.15, 0.2) is 122 Å². The lowest BCUT2D eigenvalue weighted by Gasteiger charge is -2.15. The van der Waals surface area contributed by atoms with Crippen LogP contribution in [0, 0.1) is 0 Å². The summed E-state index contributed by atoms with van der Waals surface area (Å²) in [6, 6.07) is 28.0. The molecule has 0 amide bonds. The Labute approximate surface area is 288 Å². The van der Waals surface area contributed by atoms with Crippen molar-refractivity contribution in [3.63, 3.8) is 0 Å². The van der Waals surface area contributed by atoms with Crippen molar-refractivity contribution in [1.29, 1.82) is 0 Å². The summed E-state index contributed by atoms with van der Waals surface area (Å²) in [6.07, 6.45) is 10.2. The summed E-state index contributed by atoms with van der Waals surface area (Å²) in [5.74, 6) is 1.39. The number of benzene rings is 3. The topological polar surface area (TPSA) is 118 Å². The molecule has 0 unspecified atom stereocenters. The summed E-state index contributed by atoms with van der Waals surface area (Å²) in [5, 5.41) is 7.62. The number of anilines is 2. The molecule has 238 valence electrons. The van der Waals surface area contributed by atoms with Crippen molar-refractivity contribution >= 4 is 52.7 Å². The first-order valence-electron chi connectivity index (χ1n) is 14.4. The van der Waals surface area contributed by atoms with E-state index in [1.807, 2.05) is 48.5 Å². The Kier molecular flexibility index (Phi) is 13.6. The van der Waals surface area contributed by atoms with Crippen molar-refractivity contribution in [2.75, 3.05) is 10.6 Å². The van der Waals surface area contributed by atoms with Crippen LogP contribution >= 0.6 is 34.8 Å². The summed E-state index contributed by atoms with van der Waals surface area (Å²) in [6.45, 7) is 4.15. The zero-order valence-corrected chi connectivity index (χ0v) is 27.8. The minimum absolute atomic E-state index is 0.127. The average molecular weight is 686 g/mol. The predicted molar refractivity (Wildman–Crippen MR) is 189 cm³/mol. The molecule has 3 heterocycles. The van der Waals surface area contributed by atoms with Gasteiger partial charge in [0, 0.05) is 23.2 Å². The molecular weight excluding hydrogens is 655 g/mol. The molecule has 0 aliphatic carbocycles. The molecule has 0 saturated heterocycles. The Hall–Kier alpha value is -4.96. The van der Waals surface area contributed by atoms with Crippen molar-refractivity contribution in [1.82, 2.24) is 29.9 Å². The molecule has 3 aromatic heterocycles. The van der Waals surface area contributed by atoms with E-state index in [4.69, 9.17) is 34.8 Å². The lowest BCUT2D eigenvalue weighted by atomic mass is 10.1. The highest BCUT2D eigenvalue weighted by molar-refractivity contribution is 6.32. The molecule has 0 bridgehead atoms. The molecule has 0 aliphatic heterocycles. The molecule has 9 nitrogen and oxygen atoms in total. The number of aromatic nitrogens is 6. The molecule has 0 aliphatic rings. The van der Waals surface area contributed by atoms with Crippen LogP contribution in [0.25, 0.3) is 11.3 Å². The van der Waals surface area contributed by atoms with Gasteiger partial charge in [-0.25, -0.2) is 15.0 Å². The Bertz CT molecular complexity index is 1830. The van der Waals surface area contributed by atoms with Gasteiger partial charge >= 0.3 is 0 Å². The van der Waals surface area contributed by atoms with Gasteiger partial charge in [0.1, 0.15) is 33.4 Å². The van der Waals surface area contributed by atoms with Crippen molar-refractivity contribution < 1.29 is 4.79 Å². The normalized spacial score (nSPS) is 11.4. The summed E-state index contributed by atoms with van der Waals surface area (Å²) < 4.78 is 0. The van der Waals surface area contributed by atoms with E-state index in [1.165, 1.54) is 29.7 Å². The first-order chi connectivity index (χ1) is 22.8. The highest BCUT2D eigenvalue weighted by Crippen LogP contribution is 2.22. The first-order valence-corrected chi connectivity index (χ1v) is 15.6. The maximum absolute atomic E-state index is 10.9. The third-order valence-corrected chi connectivity index (χ3v) is 7.01. The first kappa shape index (κ1) is 34.9. The quantitative estimate of drug-likeness (QED) is 0.151. The number of rotatable bonds is 8. The number of carbonyl (C=O) groups excluding carboxylic acids is 1. The van der Waals surface area contributed by atoms with E-state index >= 15 is 0 Å². The third kappa shape index (κ3) is 11.7. The second kappa shape index (κ2) is 18.3. The van der Waals surface area contributed by atoms with E-state index in [-0.39, 0.29) is 12.1 Å². The number of nitrogens with zero attached hydrogens (tertiary/aromatic N) is 6. The predicted octanol–water partition coefficient (Wildman–Crippen LogP) is 9.22. The van der Waals surface area contributed by atoms with Crippen LogP contribution in [0.5, 0.6) is 0 Å². The van der Waals surface area contributed by atoms with E-state index in [9.17, 15) is 4.79 Å². The van der Waals surface area contributed by atoms with Gasteiger partial charge in [-0.2, -0.15) is 0 Å². The van der Waals surface area contributed by atoms with Crippen molar-refractivity contribution in [3.05, 3.63) is 154 Å². The average Bonchev–Trinajstić information content (AvgIpc) is 3.10. The minimum Gasteiger partial charge on any atom is -0.362 e. The highest BCUT2D eigenvalue weighted by Gasteiger charge is 2.08. The van der Waals surface area contributed by atoms with Gasteiger partial charge in [0.05, 0.1) is 42.9 Å². The van der Waals surface area contributed by atoms with Crippen LogP contribution < -0.4 is 10.6 Å². The van der Waals surface area contributed by atoms with Crippen molar-refractivity contribution in [2.24, 2.45) is 0 Å². The fourth-order valence-corrected chi connectivity index (χ4v) is 4.66. The lowest BCUT2D eigenvalue weighted by molar-refractivity contribution is 0.112. The summed E-state index contributed by atoms with van der Waals surface area (Å²) in [5.41, 5.74) is 4.62. The van der Waals surface area contributed by atoms with Gasteiger partial charge < -0.3 is 10.6 Å². The number of nitrogens with one attached hydrogen (secondary N) is 2. The fraction of sp³-hybridized carbons (Fsp3) is 0.114. The largest absolute Gasteiger partial charge is 0.362 e. The number of hydrogen-bond donors (Lipinski definition) is 2. The van der Waals surface area contributed by atoms with E-state index in [0.717, 1.165) is 17.5 Å². The van der Waals surface area contributed by atoms with Gasteiger partial charge in [-0.15, -0.1) is 0 Å². The maximum Gasteiger partial charge on any atom is 0.150 e. The molecule has 2 N–H and O–H groups in total. The lowest BCUT2D eigenvalue weighted by Crippen LogP contribution is -2.08. The van der Waals surface area contributed by atoms with E-state index in [2.05, 4.69) is 78.7 Å². The van der Waals surface area contributed by atoms with Gasteiger partial charge in [0.15, 0.2) is 0 Å². The number of halogens is 3. The Morgan fingerprint density at radius 2 is 1.06 bits per heavy atom. The molecule has 0 radical (unpaired) electrons. The molecule has 12 heteroatoms. The van der Waals surface area contributed by atoms with E-state index in [1.54, 1.807) is 30.7 Å². The number of carbonyl (C=O) groups is 1. The molecular formula is C35H31Cl3N8O. The van der Waals surface area contributed by atoms with Crippen LogP contribution in [0.3, 0.4) is 0 Å². The molecule has 3 aromatic carbocycles. The Morgan fingerprint density at radius 3 is 1.55 bits per heavy atom.